The van der Waals surface area contributed by atoms with Gasteiger partial charge in [0, 0.05) is 4.88 Å². The number of hydrogen-bond donors (Lipinski definition) is 0. The van der Waals surface area contributed by atoms with Gasteiger partial charge in [-0.25, -0.2) is 0 Å². The van der Waals surface area contributed by atoms with Crippen molar-refractivity contribution in [3.8, 4) is 11.1 Å². The van der Waals surface area contributed by atoms with Crippen LogP contribution in [0.5, 0.6) is 0 Å². The third-order valence-electron chi connectivity index (χ3n) is 3.65. The summed E-state index contributed by atoms with van der Waals surface area (Å²) in [5, 5.41) is 2.13. The predicted molar refractivity (Wildman–Crippen MR) is 93.6 cm³/mol. The van der Waals surface area contributed by atoms with E-state index in [1.807, 2.05) is 17.4 Å². The maximum Gasteiger partial charge on any atom is 0.00485 e. The Hall–Kier alpha value is -2.12. The zero-order chi connectivity index (χ0) is 14.5. The summed E-state index contributed by atoms with van der Waals surface area (Å²) >= 11 is 1.82. The van der Waals surface area contributed by atoms with Crippen LogP contribution < -0.4 is 0 Å². The Morgan fingerprint density at radius 1 is 0.810 bits per heavy atom. The van der Waals surface area contributed by atoms with E-state index in [0.717, 1.165) is 12.8 Å². The second-order valence-electron chi connectivity index (χ2n) is 5.13. The highest BCUT2D eigenvalue weighted by atomic mass is 32.1. The normalized spacial score (nSPS) is 10.5. The third kappa shape index (κ3) is 3.50. The molecular weight excluding hydrogens is 272 g/mol. The molecule has 0 unspecified atom stereocenters. The second kappa shape index (κ2) is 6.55. The first-order valence-corrected chi connectivity index (χ1v) is 8.07. The minimum Gasteiger partial charge on any atom is -0.149 e. The monoisotopic (exact) mass is 290 g/mol. The van der Waals surface area contributed by atoms with E-state index in [4.69, 9.17) is 0 Å². The highest BCUT2D eigenvalue weighted by Gasteiger charge is 2.02. The highest BCUT2D eigenvalue weighted by molar-refractivity contribution is 7.09. The lowest BCUT2D eigenvalue weighted by Crippen LogP contribution is -1.87. The minimum atomic E-state index is 1.02. The van der Waals surface area contributed by atoms with Gasteiger partial charge >= 0.3 is 0 Å². The summed E-state index contributed by atoms with van der Waals surface area (Å²) in [6.45, 7) is 4.23. The SMILES string of the molecule is C=C(CCc1cccs1)c1ccc(-c2ccccc2)cc1. The molecule has 0 aliphatic heterocycles. The summed E-state index contributed by atoms with van der Waals surface area (Å²) in [5.41, 5.74) is 4.97. The molecule has 0 N–H and O–H groups in total. The predicted octanol–water partition coefficient (Wildman–Crippen LogP) is 6.06. The minimum absolute atomic E-state index is 1.02. The van der Waals surface area contributed by atoms with E-state index in [9.17, 15) is 0 Å². The molecule has 0 radical (unpaired) electrons. The molecule has 104 valence electrons. The maximum absolute atomic E-state index is 4.23. The second-order valence-corrected chi connectivity index (χ2v) is 6.16. The molecule has 0 saturated heterocycles. The Labute approximate surface area is 130 Å². The van der Waals surface area contributed by atoms with E-state index in [2.05, 4.69) is 72.6 Å². The van der Waals surface area contributed by atoms with Crippen LogP contribution in [0.3, 0.4) is 0 Å². The van der Waals surface area contributed by atoms with Gasteiger partial charge in [-0.15, -0.1) is 11.3 Å². The van der Waals surface area contributed by atoms with Crippen LogP contribution in [-0.4, -0.2) is 0 Å². The average molecular weight is 290 g/mol. The van der Waals surface area contributed by atoms with E-state index in [1.54, 1.807) is 0 Å². The quantitative estimate of drug-likeness (QED) is 0.535. The van der Waals surface area contributed by atoms with Crippen molar-refractivity contribution < 1.29 is 0 Å². The van der Waals surface area contributed by atoms with Crippen molar-refractivity contribution in [2.45, 2.75) is 12.8 Å². The molecule has 3 aromatic rings. The van der Waals surface area contributed by atoms with Crippen molar-refractivity contribution in [1.82, 2.24) is 0 Å². The van der Waals surface area contributed by atoms with Gasteiger partial charge in [0.25, 0.3) is 0 Å². The summed E-state index contributed by atoms with van der Waals surface area (Å²) in [4.78, 5) is 1.43. The van der Waals surface area contributed by atoms with Crippen LogP contribution in [0, 0.1) is 0 Å². The third-order valence-corrected chi connectivity index (χ3v) is 4.59. The molecule has 1 heterocycles. The molecule has 3 rings (SSSR count). The average Bonchev–Trinajstić information content (AvgIpc) is 3.07. The van der Waals surface area contributed by atoms with Crippen LogP contribution in [0.2, 0.25) is 0 Å². The van der Waals surface area contributed by atoms with Crippen LogP contribution in [-0.2, 0) is 6.42 Å². The van der Waals surface area contributed by atoms with Gasteiger partial charge in [-0.2, -0.15) is 0 Å². The van der Waals surface area contributed by atoms with Crippen LogP contribution in [0.25, 0.3) is 16.7 Å². The fourth-order valence-electron chi connectivity index (χ4n) is 2.40. The molecule has 0 atom stereocenters. The lowest BCUT2D eigenvalue weighted by Gasteiger charge is -2.07. The summed E-state index contributed by atoms with van der Waals surface area (Å²) in [6.07, 6.45) is 2.10. The van der Waals surface area contributed by atoms with Crippen molar-refractivity contribution in [1.29, 1.82) is 0 Å². The topological polar surface area (TPSA) is 0 Å². The Bertz CT molecular complexity index is 691. The Morgan fingerprint density at radius 3 is 2.19 bits per heavy atom. The van der Waals surface area contributed by atoms with E-state index in [1.165, 1.54) is 27.1 Å². The summed E-state index contributed by atoms with van der Waals surface area (Å²) in [6, 6.07) is 23.5. The van der Waals surface area contributed by atoms with Gasteiger partial charge in [-0.05, 0) is 46.6 Å². The first kappa shape index (κ1) is 13.8. The molecule has 1 heteroatoms. The molecule has 0 bridgehead atoms. The molecule has 0 aliphatic carbocycles. The van der Waals surface area contributed by atoms with Crippen LogP contribution in [0.15, 0.2) is 78.7 Å². The van der Waals surface area contributed by atoms with Crippen LogP contribution in [0.4, 0.5) is 0 Å². The molecule has 2 aromatic carbocycles. The van der Waals surface area contributed by atoms with E-state index in [-0.39, 0.29) is 0 Å². The fourth-order valence-corrected chi connectivity index (χ4v) is 3.11. The van der Waals surface area contributed by atoms with Gasteiger partial charge in [-0.1, -0.05) is 67.2 Å². The van der Waals surface area contributed by atoms with E-state index in [0.29, 0.717) is 0 Å². The zero-order valence-electron chi connectivity index (χ0n) is 12.0. The molecule has 0 aliphatic rings. The van der Waals surface area contributed by atoms with Crippen LogP contribution in [0.1, 0.15) is 16.9 Å². The largest absolute Gasteiger partial charge is 0.149 e. The van der Waals surface area contributed by atoms with Crippen LogP contribution >= 0.6 is 11.3 Å². The maximum atomic E-state index is 4.23. The van der Waals surface area contributed by atoms with Gasteiger partial charge in [0.15, 0.2) is 0 Å². The summed E-state index contributed by atoms with van der Waals surface area (Å²) < 4.78 is 0. The first-order valence-electron chi connectivity index (χ1n) is 7.19. The molecule has 0 amide bonds. The lowest BCUT2D eigenvalue weighted by atomic mass is 9.98. The molecule has 0 fully saturated rings. The van der Waals surface area contributed by atoms with Crippen molar-refractivity contribution in [2.75, 3.05) is 0 Å². The fraction of sp³-hybridized carbons (Fsp3) is 0.100. The van der Waals surface area contributed by atoms with E-state index < -0.39 is 0 Å². The van der Waals surface area contributed by atoms with Gasteiger partial charge in [0.2, 0.25) is 0 Å². The smallest absolute Gasteiger partial charge is 0.00485 e. The van der Waals surface area contributed by atoms with Gasteiger partial charge < -0.3 is 0 Å². The Kier molecular flexibility index (Phi) is 4.32. The number of thiophene rings is 1. The zero-order valence-corrected chi connectivity index (χ0v) is 12.8. The summed E-state index contributed by atoms with van der Waals surface area (Å²) in [7, 11) is 0. The van der Waals surface area contributed by atoms with Crippen molar-refractivity contribution >= 4 is 16.9 Å². The number of benzene rings is 2. The Morgan fingerprint density at radius 2 is 1.52 bits per heavy atom. The standard InChI is InChI=1S/C20H18S/c1-16(9-14-20-8-5-15-21-20)17-10-12-19(13-11-17)18-6-3-2-4-7-18/h2-8,10-13,15H,1,9,14H2. The van der Waals surface area contributed by atoms with Crippen molar-refractivity contribution in [3.05, 3.63) is 89.1 Å². The number of hydrogen-bond acceptors (Lipinski definition) is 1. The molecule has 0 saturated carbocycles. The van der Waals surface area contributed by atoms with Crippen molar-refractivity contribution in [2.24, 2.45) is 0 Å². The summed E-state index contributed by atoms with van der Waals surface area (Å²) in [5.74, 6) is 0. The molecule has 1 aromatic heterocycles. The molecule has 0 nitrogen and oxygen atoms in total. The first-order chi connectivity index (χ1) is 10.3. The van der Waals surface area contributed by atoms with Crippen molar-refractivity contribution in [3.63, 3.8) is 0 Å². The highest BCUT2D eigenvalue weighted by Crippen LogP contribution is 2.24. The number of rotatable bonds is 5. The van der Waals surface area contributed by atoms with Gasteiger partial charge in [0.1, 0.15) is 0 Å². The number of allylic oxidation sites excluding steroid dienone is 1. The van der Waals surface area contributed by atoms with E-state index >= 15 is 0 Å². The Balaban J connectivity index is 1.67. The number of aryl methyl sites for hydroxylation is 1. The van der Waals surface area contributed by atoms with Gasteiger partial charge in [0.05, 0.1) is 0 Å². The van der Waals surface area contributed by atoms with Gasteiger partial charge in [-0.3, -0.25) is 0 Å². The lowest BCUT2D eigenvalue weighted by molar-refractivity contribution is 1.05. The molecular formula is C20H18S. The molecule has 21 heavy (non-hydrogen) atoms. The molecule has 0 spiro atoms.